The van der Waals surface area contributed by atoms with Crippen LogP contribution in [0.25, 0.3) is 0 Å². The van der Waals surface area contributed by atoms with Crippen molar-refractivity contribution in [1.82, 2.24) is 0 Å². The van der Waals surface area contributed by atoms with Crippen molar-refractivity contribution in [3.05, 3.63) is 58.9 Å². The molecule has 2 aromatic carbocycles. The predicted octanol–water partition coefficient (Wildman–Crippen LogP) is 3.04. The average molecular weight is 300 g/mol. The molecule has 0 saturated heterocycles. The van der Waals surface area contributed by atoms with Crippen molar-refractivity contribution in [1.29, 1.82) is 0 Å². The first kappa shape index (κ1) is 13.8. The lowest BCUT2D eigenvalue weighted by Gasteiger charge is -2.08. The molecule has 0 radical (unpaired) electrons. The Bertz CT molecular complexity index is 696. The maximum atomic E-state index is 13.6. The van der Waals surface area contributed by atoms with Crippen molar-refractivity contribution >= 4 is 27.1 Å². The molecule has 0 aliphatic carbocycles. The summed E-state index contributed by atoms with van der Waals surface area (Å²) < 4.78 is 38.0. The lowest BCUT2D eigenvalue weighted by molar-refractivity contribution is 0.587. The molecule has 2 N–H and O–H groups in total. The van der Waals surface area contributed by atoms with Crippen LogP contribution >= 0.6 is 11.6 Å². The van der Waals surface area contributed by atoms with Crippen LogP contribution in [0.2, 0.25) is 5.02 Å². The van der Waals surface area contributed by atoms with E-state index in [2.05, 4.69) is 0 Å². The van der Waals surface area contributed by atoms with Gasteiger partial charge in [-0.25, -0.2) is 12.8 Å². The fourth-order valence-electron chi connectivity index (χ4n) is 1.66. The molecule has 0 bridgehead atoms. The van der Waals surface area contributed by atoms with Crippen LogP contribution in [-0.4, -0.2) is 8.42 Å². The second-order valence-electron chi connectivity index (χ2n) is 4.02. The molecule has 0 heterocycles. The zero-order chi connectivity index (χ0) is 14.0. The van der Waals surface area contributed by atoms with Crippen LogP contribution in [0.3, 0.4) is 0 Å². The Kier molecular flexibility index (Phi) is 3.78. The van der Waals surface area contributed by atoms with Gasteiger partial charge in [0.25, 0.3) is 0 Å². The smallest absolute Gasteiger partial charge is 0.182 e. The van der Waals surface area contributed by atoms with Crippen LogP contribution in [0.5, 0.6) is 0 Å². The van der Waals surface area contributed by atoms with E-state index in [0.717, 1.165) is 0 Å². The van der Waals surface area contributed by atoms with Gasteiger partial charge in [0.2, 0.25) is 0 Å². The minimum Gasteiger partial charge on any atom is -0.398 e. The van der Waals surface area contributed by atoms with Crippen molar-refractivity contribution < 1.29 is 12.8 Å². The molecule has 2 aromatic rings. The minimum absolute atomic E-state index is 0.0255. The molecule has 0 aromatic heterocycles. The van der Waals surface area contributed by atoms with E-state index in [0.29, 0.717) is 5.02 Å². The van der Waals surface area contributed by atoms with Gasteiger partial charge in [-0.1, -0.05) is 23.7 Å². The van der Waals surface area contributed by atoms with Gasteiger partial charge in [-0.3, -0.25) is 0 Å². The number of hydrogen-bond acceptors (Lipinski definition) is 3. The summed E-state index contributed by atoms with van der Waals surface area (Å²) in [6.45, 7) is 0. The average Bonchev–Trinajstić information content (AvgIpc) is 2.34. The number of nitrogen functional groups attached to an aromatic ring is 1. The first-order valence-corrected chi connectivity index (χ1v) is 7.44. The molecule has 0 unspecified atom stereocenters. The lowest BCUT2D eigenvalue weighted by atomic mass is 10.2. The van der Waals surface area contributed by atoms with Crippen molar-refractivity contribution in [2.45, 2.75) is 10.6 Å². The van der Waals surface area contributed by atoms with Crippen LogP contribution in [0.4, 0.5) is 10.1 Å². The fourth-order valence-corrected chi connectivity index (χ4v) is 3.36. The zero-order valence-electron chi connectivity index (χ0n) is 9.81. The molecule has 19 heavy (non-hydrogen) atoms. The lowest BCUT2D eigenvalue weighted by Crippen LogP contribution is -2.08. The third-order valence-corrected chi connectivity index (χ3v) is 4.52. The Morgan fingerprint density at radius 2 is 1.84 bits per heavy atom. The van der Waals surface area contributed by atoms with Crippen LogP contribution in [0.1, 0.15) is 5.56 Å². The molecule has 3 nitrogen and oxygen atoms in total. The normalized spacial score (nSPS) is 11.5. The Hall–Kier alpha value is -1.59. The summed E-state index contributed by atoms with van der Waals surface area (Å²) in [7, 11) is -3.69. The van der Waals surface area contributed by atoms with Gasteiger partial charge in [0.05, 0.1) is 10.6 Å². The summed E-state index contributed by atoms with van der Waals surface area (Å²) >= 11 is 5.75. The molecule has 2 rings (SSSR count). The number of benzene rings is 2. The Balaban J connectivity index is 2.42. The number of rotatable bonds is 3. The molecule has 0 saturated carbocycles. The second kappa shape index (κ2) is 5.19. The highest BCUT2D eigenvalue weighted by Gasteiger charge is 2.19. The summed E-state index contributed by atoms with van der Waals surface area (Å²) in [6.07, 6.45) is 0. The predicted molar refractivity (Wildman–Crippen MR) is 73.2 cm³/mol. The Morgan fingerprint density at radius 1 is 1.16 bits per heavy atom. The Morgan fingerprint density at radius 3 is 2.47 bits per heavy atom. The topological polar surface area (TPSA) is 60.2 Å². The van der Waals surface area contributed by atoms with Crippen LogP contribution in [-0.2, 0) is 15.6 Å². The van der Waals surface area contributed by atoms with Gasteiger partial charge >= 0.3 is 0 Å². The van der Waals surface area contributed by atoms with E-state index in [4.69, 9.17) is 17.3 Å². The highest BCUT2D eigenvalue weighted by atomic mass is 35.5. The van der Waals surface area contributed by atoms with E-state index in [1.165, 1.54) is 36.4 Å². The van der Waals surface area contributed by atoms with Gasteiger partial charge in [0.1, 0.15) is 5.82 Å². The fraction of sp³-hybridized carbons (Fsp3) is 0.0769. The molecule has 0 aliphatic rings. The Labute approximate surface area is 115 Å². The summed E-state index contributed by atoms with van der Waals surface area (Å²) in [4.78, 5) is 0.0441. The summed E-state index contributed by atoms with van der Waals surface area (Å²) in [5.41, 5.74) is 5.70. The summed E-state index contributed by atoms with van der Waals surface area (Å²) in [5, 5.41) is 0.308. The summed E-state index contributed by atoms with van der Waals surface area (Å²) in [6, 6.07) is 9.91. The van der Waals surface area contributed by atoms with E-state index in [1.54, 1.807) is 6.07 Å². The van der Waals surface area contributed by atoms with Crippen molar-refractivity contribution in [3.63, 3.8) is 0 Å². The maximum absolute atomic E-state index is 13.6. The molecule has 6 heteroatoms. The largest absolute Gasteiger partial charge is 0.398 e. The molecule has 0 aliphatic heterocycles. The number of hydrogen-bond donors (Lipinski definition) is 1. The van der Waals surface area contributed by atoms with Gasteiger partial charge in [0, 0.05) is 16.3 Å². The van der Waals surface area contributed by atoms with Gasteiger partial charge in [0.15, 0.2) is 9.84 Å². The molecule has 0 amide bonds. The van der Waals surface area contributed by atoms with E-state index in [-0.39, 0.29) is 16.1 Å². The minimum atomic E-state index is -3.69. The highest BCUT2D eigenvalue weighted by Crippen LogP contribution is 2.24. The first-order valence-electron chi connectivity index (χ1n) is 5.41. The highest BCUT2D eigenvalue weighted by molar-refractivity contribution is 7.90. The molecule has 0 atom stereocenters. The third kappa shape index (κ3) is 3.05. The molecule has 100 valence electrons. The van der Waals surface area contributed by atoms with E-state index < -0.39 is 21.4 Å². The van der Waals surface area contributed by atoms with Crippen LogP contribution in [0.15, 0.2) is 47.4 Å². The molecule has 0 fully saturated rings. The standard InChI is InChI=1S/C13H11ClFNO2S/c14-9-3-1-4-10(7-9)19(17,18)8-11-12(15)5-2-6-13(11)16/h1-7H,8,16H2. The summed E-state index contributed by atoms with van der Waals surface area (Å²) in [5.74, 6) is -1.13. The van der Waals surface area contributed by atoms with E-state index in [1.807, 2.05) is 0 Å². The number of sulfone groups is 1. The molecule has 0 spiro atoms. The number of halogens is 2. The van der Waals surface area contributed by atoms with Gasteiger partial charge in [-0.05, 0) is 30.3 Å². The SMILES string of the molecule is Nc1cccc(F)c1CS(=O)(=O)c1cccc(Cl)c1. The quantitative estimate of drug-likeness (QED) is 0.886. The van der Waals surface area contributed by atoms with E-state index >= 15 is 0 Å². The monoisotopic (exact) mass is 299 g/mol. The van der Waals surface area contributed by atoms with Gasteiger partial charge in [-0.2, -0.15) is 0 Å². The van der Waals surface area contributed by atoms with Crippen LogP contribution < -0.4 is 5.73 Å². The van der Waals surface area contributed by atoms with Gasteiger partial charge < -0.3 is 5.73 Å². The number of anilines is 1. The second-order valence-corrected chi connectivity index (χ2v) is 6.45. The molecular weight excluding hydrogens is 289 g/mol. The number of nitrogens with two attached hydrogens (primary N) is 1. The van der Waals surface area contributed by atoms with E-state index in [9.17, 15) is 12.8 Å². The van der Waals surface area contributed by atoms with Crippen LogP contribution in [0, 0.1) is 5.82 Å². The van der Waals surface area contributed by atoms with Crippen molar-refractivity contribution in [3.8, 4) is 0 Å². The maximum Gasteiger partial charge on any atom is 0.182 e. The first-order chi connectivity index (χ1) is 8.90. The van der Waals surface area contributed by atoms with Gasteiger partial charge in [-0.15, -0.1) is 0 Å². The molecular formula is C13H11ClFNO2S. The van der Waals surface area contributed by atoms with Crippen molar-refractivity contribution in [2.24, 2.45) is 0 Å². The third-order valence-electron chi connectivity index (χ3n) is 2.64. The van der Waals surface area contributed by atoms with Crippen molar-refractivity contribution in [2.75, 3.05) is 5.73 Å². The zero-order valence-corrected chi connectivity index (χ0v) is 11.4.